The molecule has 0 unspecified atom stereocenters. The van der Waals surface area contributed by atoms with Gasteiger partial charge >= 0.3 is 0 Å². The van der Waals surface area contributed by atoms with E-state index in [0.717, 1.165) is 0 Å². The van der Waals surface area contributed by atoms with Crippen molar-refractivity contribution in [2.75, 3.05) is 0 Å². The predicted molar refractivity (Wildman–Crippen MR) is 72.4 cm³/mol. The molecule has 0 rings (SSSR count). The zero-order valence-corrected chi connectivity index (χ0v) is 12.8. The lowest BCUT2D eigenvalue weighted by Gasteiger charge is -2.55. The summed E-state index contributed by atoms with van der Waals surface area (Å²) in [6, 6.07) is 0. The van der Waals surface area contributed by atoms with Crippen LogP contribution in [0.25, 0.3) is 0 Å². The first-order valence-electron chi connectivity index (χ1n) is 6.75. The van der Waals surface area contributed by atoms with Gasteiger partial charge in [0.1, 0.15) is 0 Å². The van der Waals surface area contributed by atoms with E-state index >= 15 is 0 Å². The first-order chi connectivity index (χ1) is 7.02. The van der Waals surface area contributed by atoms with Gasteiger partial charge in [-0.3, -0.25) is 0 Å². The van der Waals surface area contributed by atoms with Crippen LogP contribution in [0.15, 0.2) is 0 Å². The quantitative estimate of drug-likeness (QED) is 0.742. The van der Waals surface area contributed by atoms with Crippen molar-refractivity contribution in [3.8, 4) is 0 Å². The molecule has 0 aliphatic carbocycles. The van der Waals surface area contributed by atoms with E-state index in [0.29, 0.717) is 11.8 Å². The van der Waals surface area contributed by atoms with E-state index in [4.69, 9.17) is 0 Å². The van der Waals surface area contributed by atoms with Gasteiger partial charge in [-0.05, 0) is 23.7 Å². The van der Waals surface area contributed by atoms with E-state index < -0.39 is 5.60 Å². The molecule has 0 radical (unpaired) electrons. The fourth-order valence-electron chi connectivity index (χ4n) is 3.50. The van der Waals surface area contributed by atoms with Gasteiger partial charge in [-0.2, -0.15) is 0 Å². The van der Waals surface area contributed by atoms with E-state index in [1.54, 1.807) is 0 Å². The van der Waals surface area contributed by atoms with Crippen molar-refractivity contribution in [2.45, 2.75) is 67.9 Å². The summed E-state index contributed by atoms with van der Waals surface area (Å²) in [6.45, 7) is 19.7. The van der Waals surface area contributed by atoms with Crippen LogP contribution in [0.2, 0.25) is 0 Å². The van der Waals surface area contributed by atoms with Crippen molar-refractivity contribution in [2.24, 2.45) is 29.1 Å². The smallest absolute Gasteiger partial charge is 0.0751 e. The van der Waals surface area contributed by atoms with Crippen LogP contribution in [0.1, 0.15) is 62.3 Å². The fraction of sp³-hybridized carbons (Fsp3) is 1.00. The van der Waals surface area contributed by atoms with E-state index in [2.05, 4.69) is 62.3 Å². The van der Waals surface area contributed by atoms with Gasteiger partial charge in [0.05, 0.1) is 5.60 Å². The maximum atomic E-state index is 11.2. The monoisotopic (exact) mass is 228 g/mol. The fourth-order valence-corrected chi connectivity index (χ4v) is 3.50. The molecule has 0 saturated heterocycles. The Balaban J connectivity index is 5.64. The molecule has 0 aliphatic rings. The lowest BCUT2D eigenvalue weighted by molar-refractivity contribution is -0.181. The first kappa shape index (κ1) is 16.0. The molecule has 98 valence electrons. The van der Waals surface area contributed by atoms with Crippen molar-refractivity contribution in [3.63, 3.8) is 0 Å². The average Bonchev–Trinajstić information content (AvgIpc) is 2.13. The van der Waals surface area contributed by atoms with E-state index in [1.807, 2.05) is 0 Å². The largest absolute Gasteiger partial charge is 0.389 e. The Hall–Kier alpha value is -0.0400. The highest BCUT2D eigenvalue weighted by Gasteiger charge is 2.53. The first-order valence-corrected chi connectivity index (χ1v) is 6.75. The third-order valence-corrected chi connectivity index (χ3v) is 5.02. The molecule has 0 aromatic rings. The topological polar surface area (TPSA) is 20.2 Å². The summed E-state index contributed by atoms with van der Waals surface area (Å²) < 4.78 is 0. The van der Waals surface area contributed by atoms with Gasteiger partial charge < -0.3 is 5.11 Å². The normalized spacial score (nSPS) is 14.6. The van der Waals surface area contributed by atoms with E-state index in [1.165, 1.54) is 0 Å². The summed E-state index contributed by atoms with van der Waals surface area (Å²) >= 11 is 0. The number of hydrogen-bond acceptors (Lipinski definition) is 1. The summed E-state index contributed by atoms with van der Waals surface area (Å²) in [5, 5.41) is 11.2. The summed E-state index contributed by atoms with van der Waals surface area (Å²) in [5.74, 6) is 1.51. The second kappa shape index (κ2) is 5.08. The second-order valence-electron chi connectivity index (χ2n) is 6.73. The van der Waals surface area contributed by atoms with Crippen LogP contribution in [0.3, 0.4) is 0 Å². The highest BCUT2D eigenvalue weighted by molar-refractivity contribution is 5.03. The van der Waals surface area contributed by atoms with Crippen LogP contribution >= 0.6 is 0 Å². The molecule has 0 aromatic carbocycles. The van der Waals surface area contributed by atoms with Crippen LogP contribution in [0, 0.1) is 29.1 Å². The molecule has 0 fully saturated rings. The van der Waals surface area contributed by atoms with Crippen molar-refractivity contribution in [3.05, 3.63) is 0 Å². The average molecular weight is 228 g/mol. The molecule has 0 saturated carbocycles. The summed E-state index contributed by atoms with van der Waals surface area (Å²) in [6.07, 6.45) is 0. The van der Waals surface area contributed by atoms with E-state index in [9.17, 15) is 5.11 Å². The minimum absolute atomic E-state index is 0.0463. The van der Waals surface area contributed by atoms with Crippen molar-refractivity contribution >= 4 is 0 Å². The molecule has 16 heavy (non-hydrogen) atoms. The summed E-state index contributed by atoms with van der Waals surface area (Å²) in [7, 11) is 0. The highest BCUT2D eigenvalue weighted by atomic mass is 16.3. The highest BCUT2D eigenvalue weighted by Crippen LogP contribution is 2.51. The SMILES string of the molecule is CC(C)C(C)(C(C)C)C(O)(C(C)C)C(C)C. The van der Waals surface area contributed by atoms with Gasteiger partial charge in [0.25, 0.3) is 0 Å². The second-order valence-corrected chi connectivity index (χ2v) is 6.73. The van der Waals surface area contributed by atoms with Crippen LogP contribution in [-0.4, -0.2) is 10.7 Å². The molecule has 0 atom stereocenters. The number of aliphatic hydroxyl groups is 1. The zero-order chi connectivity index (χ0) is 13.3. The van der Waals surface area contributed by atoms with Gasteiger partial charge in [0, 0.05) is 5.41 Å². The van der Waals surface area contributed by atoms with Gasteiger partial charge in [-0.25, -0.2) is 0 Å². The van der Waals surface area contributed by atoms with Crippen LogP contribution < -0.4 is 0 Å². The molecular weight excluding hydrogens is 196 g/mol. The number of hydrogen-bond donors (Lipinski definition) is 1. The minimum atomic E-state index is -0.602. The summed E-state index contributed by atoms with van der Waals surface area (Å²) in [5.41, 5.74) is -0.648. The number of rotatable bonds is 5. The zero-order valence-electron chi connectivity index (χ0n) is 12.8. The van der Waals surface area contributed by atoms with Crippen LogP contribution in [0.5, 0.6) is 0 Å². The Bertz CT molecular complexity index is 173. The Morgan fingerprint density at radius 3 is 0.938 bits per heavy atom. The lowest BCUT2D eigenvalue weighted by Crippen LogP contribution is -2.59. The molecule has 1 heteroatoms. The van der Waals surface area contributed by atoms with Crippen LogP contribution in [-0.2, 0) is 0 Å². The molecule has 0 spiro atoms. The van der Waals surface area contributed by atoms with Gasteiger partial charge in [0.2, 0.25) is 0 Å². The molecule has 0 aliphatic heterocycles. The lowest BCUT2D eigenvalue weighted by atomic mass is 9.53. The molecule has 1 nitrogen and oxygen atoms in total. The Labute approximate surface area is 103 Å². The van der Waals surface area contributed by atoms with E-state index in [-0.39, 0.29) is 17.3 Å². The molecule has 0 aromatic heterocycles. The van der Waals surface area contributed by atoms with Gasteiger partial charge in [-0.15, -0.1) is 0 Å². The third-order valence-electron chi connectivity index (χ3n) is 5.02. The predicted octanol–water partition coefficient (Wildman–Crippen LogP) is 4.35. The minimum Gasteiger partial charge on any atom is -0.389 e. The van der Waals surface area contributed by atoms with Gasteiger partial charge in [0.15, 0.2) is 0 Å². The van der Waals surface area contributed by atoms with Crippen molar-refractivity contribution in [1.82, 2.24) is 0 Å². The maximum Gasteiger partial charge on any atom is 0.0751 e. The Morgan fingerprint density at radius 1 is 0.625 bits per heavy atom. The molecular formula is C15H32O. The standard InChI is InChI=1S/C15H32O/c1-10(2)14(9,11(3)4)15(16,12(5)6)13(7)8/h10-13,16H,1-9H3. The maximum absolute atomic E-state index is 11.2. The Kier molecular flexibility index (Phi) is 5.07. The molecule has 1 N–H and O–H groups in total. The Morgan fingerprint density at radius 2 is 0.875 bits per heavy atom. The van der Waals surface area contributed by atoms with Crippen molar-refractivity contribution in [1.29, 1.82) is 0 Å². The van der Waals surface area contributed by atoms with Crippen LogP contribution in [0.4, 0.5) is 0 Å². The van der Waals surface area contributed by atoms with Crippen molar-refractivity contribution < 1.29 is 5.11 Å². The third kappa shape index (κ3) is 2.16. The van der Waals surface area contributed by atoms with Gasteiger partial charge in [-0.1, -0.05) is 62.3 Å². The molecule has 0 amide bonds. The summed E-state index contributed by atoms with van der Waals surface area (Å²) in [4.78, 5) is 0. The molecule has 0 heterocycles. The molecule has 0 bridgehead atoms.